The average Bonchev–Trinajstić information content (AvgIpc) is 3.36. The van der Waals surface area contributed by atoms with Crippen molar-refractivity contribution < 1.29 is 9.59 Å². The van der Waals surface area contributed by atoms with Crippen LogP contribution in [0.25, 0.3) is 11.0 Å². The van der Waals surface area contributed by atoms with Crippen molar-refractivity contribution in [3.63, 3.8) is 0 Å². The summed E-state index contributed by atoms with van der Waals surface area (Å²) in [5, 5.41) is 4.76. The summed E-state index contributed by atoms with van der Waals surface area (Å²) in [6.07, 6.45) is 2.02. The van der Waals surface area contributed by atoms with Gasteiger partial charge in [0.2, 0.25) is 11.9 Å². The molecular weight excluding hydrogens is 386 g/mol. The van der Waals surface area contributed by atoms with Gasteiger partial charge in [0.15, 0.2) is 0 Å². The molecule has 1 fully saturated rings. The van der Waals surface area contributed by atoms with Crippen LogP contribution < -0.4 is 10.2 Å². The molecule has 0 spiro atoms. The third-order valence-electron chi connectivity index (χ3n) is 5.12. The second kappa shape index (κ2) is 9.09. The topological polar surface area (TPSA) is 81.3 Å². The summed E-state index contributed by atoms with van der Waals surface area (Å²) in [4.78, 5) is 37.4. The number of aromatic nitrogens is 2. The Kier molecular flexibility index (Phi) is 6.09. The summed E-state index contributed by atoms with van der Waals surface area (Å²) in [6.45, 7) is 3.61. The Morgan fingerprint density at radius 2 is 2.00 bits per heavy atom. The summed E-state index contributed by atoms with van der Waals surface area (Å²) in [7, 11) is 0. The minimum Gasteiger partial charge on any atom is -0.351 e. The van der Waals surface area contributed by atoms with E-state index in [0.29, 0.717) is 30.8 Å². The number of rotatable bonds is 6. The van der Waals surface area contributed by atoms with Gasteiger partial charge in [0.1, 0.15) is 0 Å². The molecule has 1 aliphatic heterocycles. The van der Waals surface area contributed by atoms with Crippen LogP contribution in [0.4, 0.5) is 5.95 Å². The number of thiophene rings is 1. The van der Waals surface area contributed by atoms with Crippen LogP contribution in [0.15, 0.2) is 41.8 Å². The minimum atomic E-state index is -0.0660. The third kappa shape index (κ3) is 4.76. The Hall–Kier alpha value is -2.87. The van der Waals surface area contributed by atoms with Gasteiger partial charge in [-0.1, -0.05) is 18.2 Å². The summed E-state index contributed by atoms with van der Waals surface area (Å²) in [6, 6.07) is 11.7. The van der Waals surface area contributed by atoms with E-state index in [9.17, 15) is 9.59 Å². The Bertz CT molecular complexity index is 936. The second-order valence-corrected chi connectivity index (χ2v) is 8.08. The lowest BCUT2D eigenvalue weighted by molar-refractivity contribution is -0.131. The van der Waals surface area contributed by atoms with Gasteiger partial charge in [0, 0.05) is 39.1 Å². The summed E-state index contributed by atoms with van der Waals surface area (Å²) in [5.74, 6) is 0.960. The molecule has 3 heterocycles. The number of imidazole rings is 1. The number of aromatic amines is 1. The first-order valence-electron chi connectivity index (χ1n) is 10.00. The van der Waals surface area contributed by atoms with E-state index in [1.807, 2.05) is 40.6 Å². The number of hydrogen-bond acceptors (Lipinski definition) is 5. The predicted octanol–water partition coefficient (Wildman–Crippen LogP) is 2.87. The van der Waals surface area contributed by atoms with E-state index >= 15 is 0 Å². The highest BCUT2D eigenvalue weighted by molar-refractivity contribution is 7.12. The monoisotopic (exact) mass is 411 g/mol. The maximum Gasteiger partial charge on any atom is 0.261 e. The molecule has 0 radical (unpaired) electrons. The number of nitrogens with zero attached hydrogens (tertiary/aromatic N) is 3. The maximum absolute atomic E-state index is 12.6. The Morgan fingerprint density at radius 1 is 1.10 bits per heavy atom. The van der Waals surface area contributed by atoms with Crippen LogP contribution in [0.1, 0.15) is 28.9 Å². The highest BCUT2D eigenvalue weighted by Crippen LogP contribution is 2.18. The van der Waals surface area contributed by atoms with Crippen molar-refractivity contribution >= 4 is 40.1 Å². The molecule has 0 unspecified atom stereocenters. The number of para-hydroxylation sites is 2. The van der Waals surface area contributed by atoms with Crippen molar-refractivity contribution in [2.45, 2.75) is 19.3 Å². The van der Waals surface area contributed by atoms with Crippen molar-refractivity contribution in [3.05, 3.63) is 46.7 Å². The number of fused-ring (bicyclic) bond motifs is 1. The molecule has 2 N–H and O–H groups in total. The second-order valence-electron chi connectivity index (χ2n) is 7.14. The first-order chi connectivity index (χ1) is 14.2. The van der Waals surface area contributed by atoms with Gasteiger partial charge in [-0.3, -0.25) is 9.59 Å². The fraction of sp³-hybridized carbons (Fsp3) is 0.381. The van der Waals surface area contributed by atoms with Gasteiger partial charge < -0.3 is 20.1 Å². The zero-order valence-corrected chi connectivity index (χ0v) is 17.1. The molecule has 2 aromatic heterocycles. The maximum atomic E-state index is 12.6. The number of benzene rings is 1. The summed E-state index contributed by atoms with van der Waals surface area (Å²) in [5.41, 5.74) is 1.99. The zero-order valence-electron chi connectivity index (χ0n) is 16.3. The third-order valence-corrected chi connectivity index (χ3v) is 5.99. The lowest BCUT2D eigenvalue weighted by atomic mass is 10.2. The normalized spacial score (nSPS) is 14.8. The number of H-pyrrole nitrogens is 1. The van der Waals surface area contributed by atoms with E-state index in [-0.39, 0.29) is 11.8 Å². The highest BCUT2D eigenvalue weighted by Gasteiger charge is 2.20. The number of nitrogens with one attached hydrogen (secondary N) is 2. The largest absolute Gasteiger partial charge is 0.351 e. The summed E-state index contributed by atoms with van der Waals surface area (Å²) < 4.78 is 0. The van der Waals surface area contributed by atoms with Crippen LogP contribution in [0, 0.1) is 0 Å². The number of amides is 2. The van der Waals surface area contributed by atoms with Crippen molar-refractivity contribution in [1.82, 2.24) is 20.2 Å². The van der Waals surface area contributed by atoms with Crippen LogP contribution in [0.5, 0.6) is 0 Å². The van der Waals surface area contributed by atoms with Crippen molar-refractivity contribution in [2.75, 3.05) is 37.6 Å². The number of hydrogen-bond donors (Lipinski definition) is 2. The standard InChI is InChI=1S/C21H25N5O2S/c27-19(9-3-10-22-20(28)18-8-4-15-29-18)25-11-5-12-26(14-13-25)21-23-16-6-1-2-7-17(16)24-21/h1-2,4,6-8,15H,3,5,9-14H2,(H,22,28)(H,23,24). The Balaban J connectivity index is 1.23. The van der Waals surface area contributed by atoms with Crippen molar-refractivity contribution in [1.29, 1.82) is 0 Å². The van der Waals surface area contributed by atoms with E-state index in [4.69, 9.17) is 0 Å². The number of anilines is 1. The predicted molar refractivity (Wildman–Crippen MR) is 115 cm³/mol. The molecule has 1 aromatic carbocycles. The van der Waals surface area contributed by atoms with Gasteiger partial charge in [-0.25, -0.2) is 4.98 Å². The molecule has 152 valence electrons. The van der Waals surface area contributed by atoms with E-state index < -0.39 is 0 Å². The molecule has 8 heteroatoms. The first-order valence-corrected chi connectivity index (χ1v) is 10.9. The molecule has 4 rings (SSSR count). The van der Waals surface area contributed by atoms with Crippen LogP contribution >= 0.6 is 11.3 Å². The molecule has 29 heavy (non-hydrogen) atoms. The molecule has 3 aromatic rings. The number of carbonyl (C=O) groups is 2. The average molecular weight is 412 g/mol. The van der Waals surface area contributed by atoms with Crippen LogP contribution in [-0.2, 0) is 4.79 Å². The molecule has 2 amide bonds. The zero-order chi connectivity index (χ0) is 20.1. The quantitative estimate of drug-likeness (QED) is 0.611. The summed E-state index contributed by atoms with van der Waals surface area (Å²) >= 11 is 1.42. The molecule has 0 saturated carbocycles. The van der Waals surface area contributed by atoms with Crippen LogP contribution in [-0.4, -0.2) is 59.4 Å². The minimum absolute atomic E-state index is 0.0660. The molecule has 1 aliphatic rings. The van der Waals surface area contributed by atoms with Gasteiger partial charge in [-0.2, -0.15) is 0 Å². The van der Waals surface area contributed by atoms with E-state index in [0.717, 1.165) is 43.0 Å². The first kappa shape index (κ1) is 19.4. The molecular formula is C21H25N5O2S. The van der Waals surface area contributed by atoms with Crippen LogP contribution in [0.2, 0.25) is 0 Å². The van der Waals surface area contributed by atoms with Crippen LogP contribution in [0.3, 0.4) is 0 Å². The van der Waals surface area contributed by atoms with E-state index in [1.165, 1.54) is 11.3 Å². The van der Waals surface area contributed by atoms with Gasteiger partial charge in [-0.15, -0.1) is 11.3 Å². The van der Waals surface area contributed by atoms with E-state index in [1.54, 1.807) is 6.07 Å². The lowest BCUT2D eigenvalue weighted by Gasteiger charge is -2.21. The van der Waals surface area contributed by atoms with Gasteiger partial charge >= 0.3 is 0 Å². The highest BCUT2D eigenvalue weighted by atomic mass is 32.1. The SMILES string of the molecule is O=C(NCCCC(=O)N1CCCN(c2nc3ccccc3[nH]2)CC1)c1cccs1. The lowest BCUT2D eigenvalue weighted by Crippen LogP contribution is -2.35. The fourth-order valence-corrected chi connectivity index (χ4v) is 4.20. The molecule has 0 bridgehead atoms. The van der Waals surface area contributed by atoms with Gasteiger partial charge in [0.25, 0.3) is 5.91 Å². The molecule has 7 nitrogen and oxygen atoms in total. The van der Waals surface area contributed by atoms with Gasteiger partial charge in [-0.05, 0) is 36.4 Å². The van der Waals surface area contributed by atoms with Crippen molar-refractivity contribution in [3.8, 4) is 0 Å². The Labute approximate surface area is 173 Å². The van der Waals surface area contributed by atoms with Gasteiger partial charge in [0.05, 0.1) is 15.9 Å². The fourth-order valence-electron chi connectivity index (χ4n) is 3.56. The molecule has 0 aliphatic carbocycles. The Morgan fingerprint density at radius 3 is 2.83 bits per heavy atom. The smallest absolute Gasteiger partial charge is 0.261 e. The van der Waals surface area contributed by atoms with Crippen molar-refractivity contribution in [2.24, 2.45) is 0 Å². The molecule has 0 atom stereocenters. The number of carbonyl (C=O) groups excluding carboxylic acids is 2. The molecule has 1 saturated heterocycles. The van der Waals surface area contributed by atoms with E-state index in [2.05, 4.69) is 20.2 Å².